The molecule has 1 saturated carbocycles. The van der Waals surface area contributed by atoms with E-state index in [9.17, 15) is 19.5 Å². The Morgan fingerprint density at radius 3 is 2.47 bits per heavy atom. The second-order valence-corrected chi connectivity index (χ2v) is 9.19. The number of carboxylic acid groups (broad SMARTS) is 1. The van der Waals surface area contributed by atoms with Crippen LogP contribution >= 0.6 is 0 Å². The van der Waals surface area contributed by atoms with E-state index >= 15 is 0 Å². The minimum Gasteiger partial charge on any atom is -0.481 e. The molecule has 32 heavy (non-hydrogen) atoms. The van der Waals surface area contributed by atoms with Gasteiger partial charge in [-0.25, -0.2) is 0 Å². The van der Waals surface area contributed by atoms with Crippen molar-refractivity contribution < 1.29 is 14.7 Å². The van der Waals surface area contributed by atoms with Gasteiger partial charge in [-0.2, -0.15) is 0 Å². The molecular weight excluding hydrogens is 404 g/mol. The smallest absolute Gasteiger partial charge is 0.305 e. The van der Waals surface area contributed by atoms with Gasteiger partial charge in [0.1, 0.15) is 5.56 Å². The third-order valence-corrected chi connectivity index (χ3v) is 6.90. The zero-order valence-corrected chi connectivity index (χ0v) is 18.5. The highest BCUT2D eigenvalue weighted by molar-refractivity contribution is 5.94. The van der Waals surface area contributed by atoms with Crippen LogP contribution in [0.15, 0.2) is 41.2 Å². The third-order valence-electron chi connectivity index (χ3n) is 6.90. The predicted molar refractivity (Wildman–Crippen MR) is 123 cm³/mol. The maximum Gasteiger partial charge on any atom is 0.305 e. The van der Waals surface area contributed by atoms with Crippen LogP contribution in [0.1, 0.15) is 84.6 Å². The fourth-order valence-corrected chi connectivity index (χ4v) is 5.21. The van der Waals surface area contributed by atoms with Crippen molar-refractivity contribution in [3.8, 4) is 0 Å². The summed E-state index contributed by atoms with van der Waals surface area (Å²) in [6.07, 6.45) is 9.57. The second-order valence-electron chi connectivity index (χ2n) is 9.19. The van der Waals surface area contributed by atoms with Gasteiger partial charge in [0.05, 0.1) is 12.5 Å². The van der Waals surface area contributed by atoms with Crippen molar-refractivity contribution in [2.24, 2.45) is 5.92 Å². The third kappa shape index (κ3) is 5.12. The molecule has 0 bridgehead atoms. The van der Waals surface area contributed by atoms with Crippen LogP contribution < -0.4 is 10.9 Å². The highest BCUT2D eigenvalue weighted by Gasteiger charge is 2.26. The molecule has 1 unspecified atom stereocenters. The van der Waals surface area contributed by atoms with Gasteiger partial charge in [0.25, 0.3) is 11.5 Å². The molecule has 1 aromatic heterocycles. The first-order chi connectivity index (χ1) is 15.5. The molecule has 1 atom stereocenters. The molecule has 1 heterocycles. The van der Waals surface area contributed by atoms with Gasteiger partial charge in [-0.1, -0.05) is 49.6 Å². The van der Waals surface area contributed by atoms with Gasteiger partial charge in [0.2, 0.25) is 0 Å². The van der Waals surface area contributed by atoms with E-state index < -0.39 is 17.9 Å². The molecule has 1 amide bonds. The molecule has 6 heteroatoms. The Morgan fingerprint density at radius 1 is 1.03 bits per heavy atom. The van der Waals surface area contributed by atoms with Gasteiger partial charge in [0.15, 0.2) is 0 Å². The molecule has 2 aromatic rings. The maximum atomic E-state index is 13.5. The number of nitrogens with one attached hydrogen (secondary N) is 1. The van der Waals surface area contributed by atoms with Crippen LogP contribution in [0.2, 0.25) is 0 Å². The molecule has 2 N–H and O–H groups in total. The van der Waals surface area contributed by atoms with E-state index in [1.807, 2.05) is 22.8 Å². The number of carboxylic acids is 1. The van der Waals surface area contributed by atoms with Crippen LogP contribution in [-0.2, 0) is 24.2 Å². The van der Waals surface area contributed by atoms with Crippen LogP contribution in [0.5, 0.6) is 0 Å². The number of pyridine rings is 1. The van der Waals surface area contributed by atoms with Crippen LogP contribution in [0, 0.1) is 5.92 Å². The van der Waals surface area contributed by atoms with Crippen LogP contribution in [0.25, 0.3) is 0 Å². The number of rotatable bonds is 7. The summed E-state index contributed by atoms with van der Waals surface area (Å²) < 4.78 is 1.87. The SMILES string of the molecule is O=C(O)CC(NC(=O)c1cc2c(n(CC3CCCCC3)c1=O)CCCC2)c1ccccc1. The summed E-state index contributed by atoms with van der Waals surface area (Å²) in [5.74, 6) is -1.01. The molecule has 0 saturated heterocycles. The first-order valence-electron chi connectivity index (χ1n) is 11.9. The van der Waals surface area contributed by atoms with E-state index in [0.717, 1.165) is 49.8 Å². The quantitative estimate of drug-likeness (QED) is 0.679. The number of carbonyl (C=O) groups excluding carboxylic acids is 1. The van der Waals surface area contributed by atoms with Gasteiger partial charge in [0, 0.05) is 12.2 Å². The summed E-state index contributed by atoms with van der Waals surface area (Å²) in [4.78, 5) is 38.1. The number of hydrogen-bond donors (Lipinski definition) is 2. The number of benzene rings is 1. The van der Waals surface area contributed by atoms with Crippen molar-refractivity contribution in [2.75, 3.05) is 0 Å². The number of aliphatic carboxylic acids is 1. The van der Waals surface area contributed by atoms with Gasteiger partial charge in [-0.05, 0) is 61.6 Å². The van der Waals surface area contributed by atoms with Gasteiger partial charge in [-0.3, -0.25) is 14.4 Å². The van der Waals surface area contributed by atoms with Crippen molar-refractivity contribution in [1.82, 2.24) is 9.88 Å². The Bertz CT molecular complexity index is 1020. The lowest BCUT2D eigenvalue weighted by Crippen LogP contribution is -2.38. The fraction of sp³-hybridized carbons (Fsp3) is 0.500. The minimum absolute atomic E-state index is 0.132. The summed E-state index contributed by atoms with van der Waals surface area (Å²) in [5, 5.41) is 12.2. The van der Waals surface area contributed by atoms with Crippen molar-refractivity contribution in [1.29, 1.82) is 0 Å². The number of nitrogens with zero attached hydrogens (tertiary/aromatic N) is 1. The number of aromatic nitrogens is 1. The van der Waals surface area contributed by atoms with E-state index in [1.54, 1.807) is 18.2 Å². The van der Waals surface area contributed by atoms with E-state index in [1.165, 1.54) is 19.3 Å². The summed E-state index contributed by atoms with van der Waals surface area (Å²) in [6, 6.07) is 10.1. The molecule has 4 rings (SSSR count). The molecule has 2 aliphatic rings. The topological polar surface area (TPSA) is 88.4 Å². The van der Waals surface area contributed by atoms with Crippen molar-refractivity contribution in [2.45, 2.75) is 76.8 Å². The van der Waals surface area contributed by atoms with Gasteiger partial charge < -0.3 is 15.0 Å². The molecule has 2 aliphatic carbocycles. The standard InChI is InChI=1S/C26H32N2O4/c29-24(30)16-22(19-11-5-2-6-12-19)27-25(31)21-15-20-13-7-8-14-23(20)28(26(21)32)17-18-9-3-1-4-10-18/h2,5-6,11-12,15,18,22H,1,3-4,7-10,13-14,16-17H2,(H,27,31)(H,29,30). The molecule has 0 radical (unpaired) electrons. The number of aryl methyl sites for hydroxylation is 1. The highest BCUT2D eigenvalue weighted by atomic mass is 16.4. The summed E-state index contributed by atoms with van der Waals surface area (Å²) in [6.45, 7) is 0.680. The molecule has 0 aliphatic heterocycles. The lowest BCUT2D eigenvalue weighted by molar-refractivity contribution is -0.137. The van der Waals surface area contributed by atoms with Gasteiger partial charge >= 0.3 is 5.97 Å². The van der Waals surface area contributed by atoms with E-state index in [4.69, 9.17) is 0 Å². The summed E-state index contributed by atoms with van der Waals surface area (Å²) in [7, 11) is 0. The molecule has 1 aromatic carbocycles. The Morgan fingerprint density at radius 2 is 1.75 bits per heavy atom. The fourth-order valence-electron chi connectivity index (χ4n) is 5.21. The average molecular weight is 437 g/mol. The zero-order chi connectivity index (χ0) is 22.5. The Hall–Kier alpha value is -2.89. The van der Waals surface area contributed by atoms with Crippen LogP contribution in [0.3, 0.4) is 0 Å². The van der Waals surface area contributed by atoms with E-state index in [-0.39, 0.29) is 17.5 Å². The monoisotopic (exact) mass is 436 g/mol. The minimum atomic E-state index is -1.00. The lowest BCUT2D eigenvalue weighted by atomic mass is 9.88. The summed E-state index contributed by atoms with van der Waals surface area (Å²) in [5.41, 5.74) is 2.78. The predicted octanol–water partition coefficient (Wildman–Crippen LogP) is 4.25. The molecule has 170 valence electrons. The lowest BCUT2D eigenvalue weighted by Gasteiger charge is -2.27. The normalized spacial score (nSPS) is 17.4. The van der Waals surface area contributed by atoms with Crippen molar-refractivity contribution >= 4 is 11.9 Å². The van der Waals surface area contributed by atoms with E-state index in [2.05, 4.69) is 5.32 Å². The number of carbonyl (C=O) groups is 2. The number of hydrogen-bond acceptors (Lipinski definition) is 3. The Balaban J connectivity index is 1.65. The second kappa shape index (κ2) is 10.2. The number of amides is 1. The van der Waals surface area contributed by atoms with Crippen molar-refractivity contribution in [3.63, 3.8) is 0 Å². The molecule has 0 spiro atoms. The largest absolute Gasteiger partial charge is 0.481 e. The Kier molecular flexibility index (Phi) is 7.08. The zero-order valence-electron chi connectivity index (χ0n) is 18.5. The number of fused-ring (bicyclic) bond motifs is 1. The van der Waals surface area contributed by atoms with Crippen LogP contribution in [-0.4, -0.2) is 21.6 Å². The highest BCUT2D eigenvalue weighted by Crippen LogP contribution is 2.27. The van der Waals surface area contributed by atoms with Gasteiger partial charge in [-0.15, -0.1) is 0 Å². The van der Waals surface area contributed by atoms with Crippen molar-refractivity contribution in [3.05, 3.63) is 69.1 Å². The first-order valence-corrected chi connectivity index (χ1v) is 11.9. The first kappa shape index (κ1) is 22.3. The Labute approximate surface area is 188 Å². The molecule has 6 nitrogen and oxygen atoms in total. The molecule has 1 fully saturated rings. The average Bonchev–Trinajstić information content (AvgIpc) is 2.81. The molecular formula is C26H32N2O4. The van der Waals surface area contributed by atoms with E-state index in [0.29, 0.717) is 18.0 Å². The van der Waals surface area contributed by atoms with Crippen LogP contribution in [0.4, 0.5) is 0 Å². The summed E-state index contributed by atoms with van der Waals surface area (Å²) >= 11 is 0. The maximum absolute atomic E-state index is 13.5.